The van der Waals surface area contributed by atoms with E-state index in [2.05, 4.69) is 5.10 Å². The Morgan fingerprint density at radius 3 is 2.71 bits per heavy atom. The van der Waals surface area contributed by atoms with Crippen LogP contribution in [0.3, 0.4) is 0 Å². The van der Waals surface area contributed by atoms with Crippen LogP contribution < -0.4 is 5.73 Å². The second-order valence-corrected chi connectivity index (χ2v) is 3.24. The molecule has 14 heavy (non-hydrogen) atoms. The van der Waals surface area contributed by atoms with Crippen LogP contribution in [0.2, 0.25) is 0 Å². The molecule has 0 radical (unpaired) electrons. The molecule has 0 bridgehead atoms. The van der Waals surface area contributed by atoms with Crippen LogP contribution >= 0.6 is 0 Å². The van der Waals surface area contributed by atoms with Gasteiger partial charge in [0.1, 0.15) is 0 Å². The van der Waals surface area contributed by atoms with Crippen molar-refractivity contribution in [2.75, 3.05) is 0 Å². The Hall–Kier alpha value is -1.61. The van der Waals surface area contributed by atoms with E-state index in [9.17, 15) is 0 Å². The molecule has 0 fully saturated rings. The van der Waals surface area contributed by atoms with Crippen molar-refractivity contribution in [1.29, 1.82) is 0 Å². The maximum Gasteiger partial charge on any atom is 0.0926 e. The van der Waals surface area contributed by atoms with Crippen molar-refractivity contribution in [2.24, 2.45) is 12.8 Å². The molecule has 0 atom stereocenters. The molecular formula is C11H13N3. The fourth-order valence-corrected chi connectivity index (χ4v) is 1.51. The normalized spacial score (nSPS) is 10.4. The van der Waals surface area contributed by atoms with Crippen LogP contribution in [0.1, 0.15) is 5.56 Å². The third-order valence-electron chi connectivity index (χ3n) is 2.23. The molecule has 0 unspecified atom stereocenters. The highest BCUT2D eigenvalue weighted by Gasteiger charge is 2.04. The maximum absolute atomic E-state index is 5.66. The zero-order chi connectivity index (χ0) is 9.97. The zero-order valence-corrected chi connectivity index (χ0v) is 8.14. The maximum atomic E-state index is 5.66. The van der Waals surface area contributed by atoms with Gasteiger partial charge in [0.15, 0.2) is 0 Å². The van der Waals surface area contributed by atoms with Gasteiger partial charge in [0, 0.05) is 25.4 Å². The predicted octanol–water partition coefficient (Wildman–Crippen LogP) is 1.55. The molecular weight excluding hydrogens is 174 g/mol. The fourth-order valence-electron chi connectivity index (χ4n) is 1.51. The molecule has 0 spiro atoms. The van der Waals surface area contributed by atoms with E-state index < -0.39 is 0 Å². The first-order chi connectivity index (χ1) is 6.81. The van der Waals surface area contributed by atoms with Gasteiger partial charge in [-0.05, 0) is 11.6 Å². The number of benzene rings is 1. The first-order valence-corrected chi connectivity index (χ1v) is 4.59. The van der Waals surface area contributed by atoms with Crippen molar-refractivity contribution in [2.45, 2.75) is 6.54 Å². The van der Waals surface area contributed by atoms with E-state index in [0.29, 0.717) is 6.54 Å². The lowest BCUT2D eigenvalue weighted by atomic mass is 10.1. The van der Waals surface area contributed by atoms with Crippen LogP contribution in [0.5, 0.6) is 0 Å². The third-order valence-corrected chi connectivity index (χ3v) is 2.23. The molecule has 0 amide bonds. The van der Waals surface area contributed by atoms with Gasteiger partial charge in [0.2, 0.25) is 0 Å². The molecule has 0 aliphatic rings. The average Bonchev–Trinajstić information content (AvgIpc) is 2.65. The molecule has 2 rings (SSSR count). The molecule has 0 saturated carbocycles. The molecule has 0 saturated heterocycles. The Morgan fingerprint density at radius 2 is 2.07 bits per heavy atom. The molecule has 72 valence electrons. The second-order valence-electron chi connectivity index (χ2n) is 3.24. The first-order valence-electron chi connectivity index (χ1n) is 4.59. The Bertz CT molecular complexity index is 432. The summed E-state index contributed by atoms with van der Waals surface area (Å²) in [5, 5.41) is 4.35. The summed E-state index contributed by atoms with van der Waals surface area (Å²) in [6, 6.07) is 10.1. The van der Waals surface area contributed by atoms with E-state index in [-0.39, 0.29) is 0 Å². The minimum Gasteiger partial charge on any atom is -0.326 e. The number of hydrogen-bond acceptors (Lipinski definition) is 2. The minimum atomic E-state index is 0.548. The third kappa shape index (κ3) is 1.54. The molecule has 1 aromatic heterocycles. The number of aromatic nitrogens is 2. The Balaban J connectivity index is 2.50. The summed E-state index contributed by atoms with van der Waals surface area (Å²) in [5.74, 6) is 0. The zero-order valence-electron chi connectivity index (χ0n) is 8.14. The number of nitrogens with zero attached hydrogens (tertiary/aromatic N) is 2. The summed E-state index contributed by atoms with van der Waals surface area (Å²) < 4.78 is 1.79. The van der Waals surface area contributed by atoms with Gasteiger partial charge in [0.25, 0.3) is 0 Å². The van der Waals surface area contributed by atoms with Crippen LogP contribution in [0, 0.1) is 0 Å². The SMILES string of the molecule is Cn1ccc(-c2ccccc2CN)n1. The summed E-state index contributed by atoms with van der Waals surface area (Å²) in [6.07, 6.45) is 1.93. The summed E-state index contributed by atoms with van der Waals surface area (Å²) in [7, 11) is 1.91. The highest BCUT2D eigenvalue weighted by Crippen LogP contribution is 2.20. The van der Waals surface area contributed by atoms with Gasteiger partial charge >= 0.3 is 0 Å². The molecule has 3 heteroatoms. The van der Waals surface area contributed by atoms with Gasteiger partial charge < -0.3 is 5.73 Å². The van der Waals surface area contributed by atoms with Crippen molar-refractivity contribution >= 4 is 0 Å². The quantitative estimate of drug-likeness (QED) is 0.775. The highest BCUT2D eigenvalue weighted by molar-refractivity contribution is 5.63. The summed E-state index contributed by atoms with van der Waals surface area (Å²) >= 11 is 0. The van der Waals surface area contributed by atoms with Gasteiger partial charge in [-0.2, -0.15) is 5.10 Å². The molecule has 2 aromatic rings. The Kier molecular flexibility index (Phi) is 2.33. The Morgan fingerprint density at radius 1 is 1.29 bits per heavy atom. The van der Waals surface area contributed by atoms with Gasteiger partial charge in [-0.1, -0.05) is 24.3 Å². The summed E-state index contributed by atoms with van der Waals surface area (Å²) in [4.78, 5) is 0. The Labute approximate surface area is 83.2 Å². The van der Waals surface area contributed by atoms with Crippen molar-refractivity contribution in [3.05, 3.63) is 42.1 Å². The van der Waals surface area contributed by atoms with Crippen LogP contribution in [0.25, 0.3) is 11.3 Å². The van der Waals surface area contributed by atoms with E-state index in [1.165, 1.54) is 0 Å². The van der Waals surface area contributed by atoms with E-state index >= 15 is 0 Å². The highest BCUT2D eigenvalue weighted by atomic mass is 15.2. The van der Waals surface area contributed by atoms with E-state index in [4.69, 9.17) is 5.73 Å². The molecule has 3 nitrogen and oxygen atoms in total. The smallest absolute Gasteiger partial charge is 0.0926 e. The van der Waals surface area contributed by atoms with Crippen LogP contribution in [-0.4, -0.2) is 9.78 Å². The number of aryl methyl sites for hydroxylation is 1. The van der Waals surface area contributed by atoms with Gasteiger partial charge in [-0.3, -0.25) is 4.68 Å². The summed E-state index contributed by atoms with van der Waals surface area (Å²) in [5.41, 5.74) is 8.89. The van der Waals surface area contributed by atoms with E-state index in [1.807, 2.05) is 43.6 Å². The van der Waals surface area contributed by atoms with E-state index in [0.717, 1.165) is 16.8 Å². The van der Waals surface area contributed by atoms with E-state index in [1.54, 1.807) is 4.68 Å². The number of rotatable bonds is 2. The molecule has 0 aliphatic carbocycles. The molecule has 1 heterocycles. The lowest BCUT2D eigenvalue weighted by Crippen LogP contribution is -1.99. The van der Waals surface area contributed by atoms with Crippen molar-refractivity contribution < 1.29 is 0 Å². The lowest BCUT2D eigenvalue weighted by Gasteiger charge is -2.03. The topological polar surface area (TPSA) is 43.8 Å². The number of hydrogen-bond donors (Lipinski definition) is 1. The lowest BCUT2D eigenvalue weighted by molar-refractivity contribution is 0.770. The van der Waals surface area contributed by atoms with Crippen molar-refractivity contribution in [1.82, 2.24) is 9.78 Å². The molecule has 1 aromatic carbocycles. The minimum absolute atomic E-state index is 0.548. The van der Waals surface area contributed by atoms with Gasteiger partial charge in [0.05, 0.1) is 5.69 Å². The van der Waals surface area contributed by atoms with Crippen LogP contribution in [0.4, 0.5) is 0 Å². The second kappa shape index (κ2) is 3.64. The van der Waals surface area contributed by atoms with Crippen LogP contribution in [-0.2, 0) is 13.6 Å². The van der Waals surface area contributed by atoms with Crippen molar-refractivity contribution in [3.8, 4) is 11.3 Å². The monoisotopic (exact) mass is 187 g/mol. The van der Waals surface area contributed by atoms with Gasteiger partial charge in [-0.15, -0.1) is 0 Å². The predicted molar refractivity (Wildman–Crippen MR) is 56.5 cm³/mol. The first kappa shape index (κ1) is 8.97. The van der Waals surface area contributed by atoms with Crippen LogP contribution in [0.15, 0.2) is 36.5 Å². The van der Waals surface area contributed by atoms with Gasteiger partial charge in [-0.25, -0.2) is 0 Å². The summed E-state index contributed by atoms with van der Waals surface area (Å²) in [6.45, 7) is 0.548. The largest absolute Gasteiger partial charge is 0.326 e. The van der Waals surface area contributed by atoms with Crippen molar-refractivity contribution in [3.63, 3.8) is 0 Å². The fraction of sp³-hybridized carbons (Fsp3) is 0.182. The molecule has 2 N–H and O–H groups in total. The number of nitrogens with two attached hydrogens (primary N) is 1. The standard InChI is InChI=1S/C11H13N3/c1-14-7-6-11(13-14)10-5-3-2-4-9(10)8-12/h2-7H,8,12H2,1H3. The average molecular weight is 187 g/mol. The molecule has 0 aliphatic heterocycles.